The van der Waals surface area contributed by atoms with Gasteiger partial charge in [0, 0.05) is 0 Å². The van der Waals surface area contributed by atoms with Crippen LogP contribution in [0.4, 0.5) is 4.79 Å². The Morgan fingerprint density at radius 1 is 1.60 bits per heavy atom. The minimum atomic E-state index is -0.496. The third-order valence-corrected chi connectivity index (χ3v) is 2.02. The van der Waals surface area contributed by atoms with Gasteiger partial charge in [-0.3, -0.25) is 4.84 Å². The summed E-state index contributed by atoms with van der Waals surface area (Å²) in [6, 6.07) is -0.0754. The summed E-state index contributed by atoms with van der Waals surface area (Å²) in [5.74, 6) is 0. The van der Waals surface area contributed by atoms with Crippen LogP contribution in [0, 0.1) is 0 Å². The summed E-state index contributed by atoms with van der Waals surface area (Å²) >= 11 is 0. The topological polar surface area (TPSA) is 38.8 Å². The Morgan fingerprint density at radius 2 is 2.27 bits per heavy atom. The summed E-state index contributed by atoms with van der Waals surface area (Å²) in [7, 11) is 0. The summed E-state index contributed by atoms with van der Waals surface area (Å²) in [6.45, 7) is 9.74. The lowest BCUT2D eigenvalue weighted by Crippen LogP contribution is -2.45. The highest BCUT2D eigenvalue weighted by atomic mass is 16.7. The maximum Gasteiger partial charge on any atom is 0.435 e. The molecular weight excluding hydrogens is 194 g/mol. The molecular formula is C11H19NO3. The number of hydrogen-bond donors (Lipinski definition) is 0. The van der Waals surface area contributed by atoms with Gasteiger partial charge in [-0.25, -0.2) is 4.79 Å². The third-order valence-electron chi connectivity index (χ3n) is 2.02. The molecule has 0 spiro atoms. The smallest absolute Gasteiger partial charge is 0.435 e. The normalized spacial score (nSPS) is 22.3. The van der Waals surface area contributed by atoms with E-state index in [1.165, 1.54) is 5.06 Å². The van der Waals surface area contributed by atoms with E-state index >= 15 is 0 Å². The van der Waals surface area contributed by atoms with E-state index in [1.54, 1.807) is 6.08 Å². The van der Waals surface area contributed by atoms with Crippen LogP contribution < -0.4 is 0 Å². The SMILES string of the molecule is C=CC1CCCON1C(=O)OC(C)(C)C. The van der Waals surface area contributed by atoms with Crippen molar-refractivity contribution in [3.63, 3.8) is 0 Å². The van der Waals surface area contributed by atoms with Crippen LogP contribution in [0.3, 0.4) is 0 Å². The fraction of sp³-hybridized carbons (Fsp3) is 0.727. The van der Waals surface area contributed by atoms with Crippen molar-refractivity contribution in [1.82, 2.24) is 5.06 Å². The van der Waals surface area contributed by atoms with Gasteiger partial charge in [-0.05, 0) is 33.6 Å². The highest BCUT2D eigenvalue weighted by molar-refractivity contribution is 5.67. The van der Waals surface area contributed by atoms with Crippen molar-refractivity contribution in [3.05, 3.63) is 12.7 Å². The van der Waals surface area contributed by atoms with Crippen LogP contribution in [-0.4, -0.2) is 29.4 Å². The van der Waals surface area contributed by atoms with E-state index in [2.05, 4.69) is 6.58 Å². The van der Waals surface area contributed by atoms with Gasteiger partial charge in [0.05, 0.1) is 12.6 Å². The van der Waals surface area contributed by atoms with Crippen LogP contribution in [-0.2, 0) is 9.57 Å². The summed E-state index contributed by atoms with van der Waals surface area (Å²) in [6.07, 6.45) is 3.09. The molecule has 0 aromatic heterocycles. The zero-order chi connectivity index (χ0) is 11.5. The number of hydroxylamine groups is 2. The second-order valence-corrected chi connectivity index (χ2v) is 4.58. The number of rotatable bonds is 1. The fourth-order valence-electron chi connectivity index (χ4n) is 1.38. The Morgan fingerprint density at radius 3 is 2.80 bits per heavy atom. The lowest BCUT2D eigenvalue weighted by atomic mass is 10.1. The number of carbonyl (C=O) groups excluding carboxylic acids is 1. The first-order chi connectivity index (χ1) is 6.94. The molecule has 0 aliphatic carbocycles. The number of ether oxygens (including phenoxy) is 1. The molecule has 0 aromatic rings. The van der Waals surface area contributed by atoms with Crippen molar-refractivity contribution in [1.29, 1.82) is 0 Å². The molecule has 4 nitrogen and oxygen atoms in total. The quantitative estimate of drug-likeness (QED) is 0.628. The number of hydrogen-bond acceptors (Lipinski definition) is 3. The molecule has 15 heavy (non-hydrogen) atoms. The van der Waals surface area contributed by atoms with Crippen molar-refractivity contribution in [2.45, 2.75) is 45.3 Å². The van der Waals surface area contributed by atoms with Gasteiger partial charge in [0.25, 0.3) is 0 Å². The fourth-order valence-corrected chi connectivity index (χ4v) is 1.38. The lowest BCUT2D eigenvalue weighted by Gasteiger charge is -2.33. The van der Waals surface area contributed by atoms with Gasteiger partial charge in [-0.2, -0.15) is 5.06 Å². The van der Waals surface area contributed by atoms with Crippen molar-refractivity contribution in [3.8, 4) is 0 Å². The Hall–Kier alpha value is -1.03. The summed E-state index contributed by atoms with van der Waals surface area (Å²) in [5, 5.41) is 1.28. The van der Waals surface area contributed by atoms with Crippen molar-refractivity contribution in [2.75, 3.05) is 6.61 Å². The molecule has 1 fully saturated rings. The van der Waals surface area contributed by atoms with E-state index in [-0.39, 0.29) is 6.04 Å². The minimum absolute atomic E-state index is 0.0754. The van der Waals surface area contributed by atoms with E-state index in [0.717, 1.165) is 12.8 Å². The monoisotopic (exact) mass is 213 g/mol. The number of amides is 1. The molecule has 1 rings (SSSR count). The van der Waals surface area contributed by atoms with Gasteiger partial charge in [0.15, 0.2) is 0 Å². The zero-order valence-electron chi connectivity index (χ0n) is 9.66. The van der Waals surface area contributed by atoms with Gasteiger partial charge in [-0.1, -0.05) is 6.08 Å². The second-order valence-electron chi connectivity index (χ2n) is 4.58. The van der Waals surface area contributed by atoms with Crippen LogP contribution in [0.2, 0.25) is 0 Å². The Kier molecular flexibility index (Phi) is 3.74. The number of nitrogens with zero attached hydrogens (tertiary/aromatic N) is 1. The third kappa shape index (κ3) is 3.55. The molecule has 1 atom stereocenters. The van der Waals surface area contributed by atoms with Gasteiger partial charge in [-0.15, -0.1) is 6.58 Å². The van der Waals surface area contributed by atoms with E-state index in [4.69, 9.17) is 9.57 Å². The van der Waals surface area contributed by atoms with E-state index in [9.17, 15) is 4.79 Å². The standard InChI is InChI=1S/C11H19NO3/c1-5-9-7-6-8-14-12(9)10(13)15-11(2,3)4/h5,9H,1,6-8H2,2-4H3. The van der Waals surface area contributed by atoms with Gasteiger partial charge < -0.3 is 4.74 Å². The Labute approximate surface area is 90.8 Å². The highest BCUT2D eigenvalue weighted by Crippen LogP contribution is 2.19. The summed E-state index contributed by atoms with van der Waals surface area (Å²) < 4.78 is 5.22. The molecule has 4 heteroatoms. The first kappa shape index (κ1) is 12.0. The van der Waals surface area contributed by atoms with Crippen LogP contribution in [0.25, 0.3) is 0 Å². The van der Waals surface area contributed by atoms with Crippen molar-refractivity contribution in [2.24, 2.45) is 0 Å². The Bertz CT molecular complexity index is 245. The largest absolute Gasteiger partial charge is 0.442 e. The maximum atomic E-state index is 11.7. The summed E-state index contributed by atoms with van der Waals surface area (Å²) in [4.78, 5) is 17.0. The predicted molar refractivity (Wildman–Crippen MR) is 57.2 cm³/mol. The van der Waals surface area contributed by atoms with Gasteiger partial charge in [0.1, 0.15) is 5.60 Å². The van der Waals surface area contributed by atoms with Crippen LogP contribution in [0.15, 0.2) is 12.7 Å². The molecule has 1 aliphatic rings. The van der Waals surface area contributed by atoms with Crippen molar-refractivity contribution >= 4 is 6.09 Å². The van der Waals surface area contributed by atoms with E-state index in [0.29, 0.717) is 6.61 Å². The van der Waals surface area contributed by atoms with Gasteiger partial charge in [0.2, 0.25) is 0 Å². The first-order valence-electron chi connectivity index (χ1n) is 5.22. The molecule has 0 radical (unpaired) electrons. The molecule has 1 aliphatic heterocycles. The highest BCUT2D eigenvalue weighted by Gasteiger charge is 2.30. The van der Waals surface area contributed by atoms with Crippen LogP contribution in [0.1, 0.15) is 33.6 Å². The average molecular weight is 213 g/mol. The molecule has 0 saturated carbocycles. The molecule has 86 valence electrons. The molecule has 1 saturated heterocycles. The first-order valence-corrected chi connectivity index (χ1v) is 5.22. The summed E-state index contributed by atoms with van der Waals surface area (Å²) in [5.41, 5.74) is -0.496. The zero-order valence-corrected chi connectivity index (χ0v) is 9.66. The lowest BCUT2D eigenvalue weighted by molar-refractivity contribution is -0.182. The molecule has 0 N–H and O–H groups in total. The van der Waals surface area contributed by atoms with Crippen LogP contribution >= 0.6 is 0 Å². The predicted octanol–water partition coefficient (Wildman–Crippen LogP) is 2.50. The second kappa shape index (κ2) is 4.66. The van der Waals surface area contributed by atoms with Crippen molar-refractivity contribution < 1.29 is 14.4 Å². The maximum absolute atomic E-state index is 11.7. The molecule has 1 unspecified atom stereocenters. The molecule has 0 bridgehead atoms. The molecule has 1 heterocycles. The van der Waals surface area contributed by atoms with E-state index < -0.39 is 11.7 Å². The molecule has 0 aromatic carbocycles. The average Bonchev–Trinajstić information content (AvgIpc) is 2.15. The van der Waals surface area contributed by atoms with Crippen LogP contribution in [0.5, 0.6) is 0 Å². The minimum Gasteiger partial charge on any atom is -0.442 e. The Balaban J connectivity index is 2.60. The molecule has 1 amide bonds. The van der Waals surface area contributed by atoms with E-state index in [1.807, 2.05) is 20.8 Å². The van der Waals surface area contributed by atoms with Gasteiger partial charge >= 0.3 is 6.09 Å². The number of carbonyl (C=O) groups is 1.